The van der Waals surface area contributed by atoms with Gasteiger partial charge in [0.15, 0.2) is 0 Å². The standard InChI is InChI=1S/C14H14O2/c1-9-7-12(15)14(13(16)8-9)11-6-4-3-5-10(11)2/h3-8,15-16H,1-2H3. The van der Waals surface area contributed by atoms with Crippen molar-refractivity contribution in [2.75, 3.05) is 0 Å². The maximum absolute atomic E-state index is 9.89. The maximum Gasteiger partial charge on any atom is 0.127 e. The molecule has 0 radical (unpaired) electrons. The Morgan fingerprint density at radius 2 is 1.44 bits per heavy atom. The van der Waals surface area contributed by atoms with Crippen molar-refractivity contribution in [2.45, 2.75) is 13.8 Å². The lowest BCUT2D eigenvalue weighted by atomic mass is 9.98. The molecule has 0 unspecified atom stereocenters. The first-order valence-corrected chi connectivity index (χ1v) is 5.18. The zero-order valence-corrected chi connectivity index (χ0v) is 9.36. The highest BCUT2D eigenvalue weighted by Crippen LogP contribution is 2.39. The monoisotopic (exact) mass is 214 g/mol. The Labute approximate surface area is 94.8 Å². The van der Waals surface area contributed by atoms with E-state index in [0.717, 1.165) is 16.7 Å². The van der Waals surface area contributed by atoms with E-state index >= 15 is 0 Å². The van der Waals surface area contributed by atoms with E-state index in [0.29, 0.717) is 5.56 Å². The van der Waals surface area contributed by atoms with Crippen LogP contribution in [0, 0.1) is 13.8 Å². The van der Waals surface area contributed by atoms with Gasteiger partial charge in [-0.15, -0.1) is 0 Å². The van der Waals surface area contributed by atoms with E-state index < -0.39 is 0 Å². The Morgan fingerprint density at radius 1 is 0.875 bits per heavy atom. The lowest BCUT2D eigenvalue weighted by molar-refractivity contribution is 0.453. The number of hydrogen-bond acceptors (Lipinski definition) is 2. The molecule has 2 N–H and O–H groups in total. The van der Waals surface area contributed by atoms with Gasteiger partial charge in [-0.05, 0) is 42.7 Å². The molecule has 0 saturated carbocycles. The second-order valence-corrected chi connectivity index (χ2v) is 3.99. The molecule has 0 saturated heterocycles. The first kappa shape index (κ1) is 10.6. The predicted octanol–water partition coefficient (Wildman–Crippen LogP) is 3.38. The molecular weight excluding hydrogens is 200 g/mol. The van der Waals surface area contributed by atoms with Gasteiger partial charge in [0, 0.05) is 0 Å². The molecule has 0 aliphatic carbocycles. The molecule has 2 aromatic carbocycles. The Hall–Kier alpha value is -1.96. The molecule has 0 aliphatic heterocycles. The number of aromatic hydroxyl groups is 2. The molecule has 0 fully saturated rings. The third kappa shape index (κ3) is 1.74. The summed E-state index contributed by atoms with van der Waals surface area (Å²) in [6.45, 7) is 3.79. The van der Waals surface area contributed by atoms with Crippen LogP contribution < -0.4 is 0 Å². The quantitative estimate of drug-likeness (QED) is 0.764. The number of phenols is 2. The Kier molecular flexibility index (Phi) is 2.57. The van der Waals surface area contributed by atoms with Crippen LogP contribution in [0.4, 0.5) is 0 Å². The Morgan fingerprint density at radius 3 is 2.00 bits per heavy atom. The fraction of sp³-hybridized carbons (Fsp3) is 0.143. The Balaban J connectivity index is 2.70. The molecule has 0 spiro atoms. The molecule has 2 aromatic rings. The fourth-order valence-electron chi connectivity index (χ4n) is 1.88. The van der Waals surface area contributed by atoms with Crippen molar-refractivity contribution >= 4 is 0 Å². The molecule has 0 bridgehead atoms. The van der Waals surface area contributed by atoms with Gasteiger partial charge in [-0.2, -0.15) is 0 Å². The van der Waals surface area contributed by atoms with Gasteiger partial charge in [-0.1, -0.05) is 24.3 Å². The molecule has 0 amide bonds. The van der Waals surface area contributed by atoms with E-state index in [-0.39, 0.29) is 11.5 Å². The third-order valence-corrected chi connectivity index (χ3v) is 2.66. The van der Waals surface area contributed by atoms with E-state index in [9.17, 15) is 10.2 Å². The van der Waals surface area contributed by atoms with Crippen molar-refractivity contribution in [3.8, 4) is 22.6 Å². The lowest BCUT2D eigenvalue weighted by Gasteiger charge is -2.11. The minimum absolute atomic E-state index is 0.117. The summed E-state index contributed by atoms with van der Waals surface area (Å²) < 4.78 is 0. The van der Waals surface area contributed by atoms with Crippen molar-refractivity contribution in [3.63, 3.8) is 0 Å². The largest absolute Gasteiger partial charge is 0.507 e. The summed E-state index contributed by atoms with van der Waals surface area (Å²) in [5.74, 6) is 0.235. The Bertz CT molecular complexity index is 507. The molecule has 2 rings (SSSR count). The number of rotatable bonds is 1. The van der Waals surface area contributed by atoms with Crippen LogP contribution in [0.25, 0.3) is 11.1 Å². The van der Waals surface area contributed by atoms with E-state index in [2.05, 4.69) is 0 Å². The smallest absolute Gasteiger partial charge is 0.127 e. The molecule has 16 heavy (non-hydrogen) atoms. The van der Waals surface area contributed by atoms with Gasteiger partial charge in [0.05, 0.1) is 5.56 Å². The van der Waals surface area contributed by atoms with Gasteiger partial charge in [0.2, 0.25) is 0 Å². The van der Waals surface area contributed by atoms with Crippen LogP contribution >= 0.6 is 0 Å². The summed E-state index contributed by atoms with van der Waals surface area (Å²) in [6, 6.07) is 11.0. The summed E-state index contributed by atoms with van der Waals surface area (Å²) in [6.07, 6.45) is 0. The number of benzene rings is 2. The first-order chi connectivity index (χ1) is 7.59. The first-order valence-electron chi connectivity index (χ1n) is 5.18. The van der Waals surface area contributed by atoms with Gasteiger partial charge >= 0.3 is 0 Å². The number of hydrogen-bond donors (Lipinski definition) is 2. The molecule has 0 aliphatic rings. The van der Waals surface area contributed by atoms with Crippen LogP contribution in [0.3, 0.4) is 0 Å². The predicted molar refractivity (Wildman–Crippen MR) is 64.7 cm³/mol. The van der Waals surface area contributed by atoms with E-state index in [1.807, 2.05) is 38.1 Å². The zero-order chi connectivity index (χ0) is 11.7. The highest BCUT2D eigenvalue weighted by Gasteiger charge is 2.12. The minimum Gasteiger partial charge on any atom is -0.507 e. The van der Waals surface area contributed by atoms with E-state index in [1.165, 1.54) is 0 Å². The fourth-order valence-corrected chi connectivity index (χ4v) is 1.88. The average molecular weight is 214 g/mol. The topological polar surface area (TPSA) is 40.5 Å². The van der Waals surface area contributed by atoms with Gasteiger partial charge in [-0.3, -0.25) is 0 Å². The van der Waals surface area contributed by atoms with Crippen molar-refractivity contribution in [1.82, 2.24) is 0 Å². The van der Waals surface area contributed by atoms with Gasteiger partial charge in [-0.25, -0.2) is 0 Å². The molecule has 0 atom stereocenters. The van der Waals surface area contributed by atoms with E-state index in [4.69, 9.17) is 0 Å². The van der Waals surface area contributed by atoms with Gasteiger partial charge in [0.1, 0.15) is 11.5 Å². The summed E-state index contributed by atoms with van der Waals surface area (Å²) in [4.78, 5) is 0. The van der Waals surface area contributed by atoms with Gasteiger partial charge < -0.3 is 10.2 Å². The second kappa shape index (κ2) is 3.89. The van der Waals surface area contributed by atoms with Crippen LogP contribution in [0.2, 0.25) is 0 Å². The molecule has 2 heteroatoms. The second-order valence-electron chi connectivity index (χ2n) is 3.99. The van der Waals surface area contributed by atoms with Crippen molar-refractivity contribution < 1.29 is 10.2 Å². The molecule has 2 nitrogen and oxygen atoms in total. The SMILES string of the molecule is Cc1cc(O)c(-c2ccccc2C)c(O)c1. The van der Waals surface area contributed by atoms with Crippen LogP contribution in [-0.2, 0) is 0 Å². The summed E-state index contributed by atoms with van der Waals surface area (Å²) in [5, 5.41) is 19.8. The van der Waals surface area contributed by atoms with E-state index in [1.54, 1.807) is 12.1 Å². The van der Waals surface area contributed by atoms with Crippen LogP contribution in [0.1, 0.15) is 11.1 Å². The molecule has 0 aromatic heterocycles. The molecular formula is C14H14O2. The number of aryl methyl sites for hydroxylation is 2. The summed E-state index contributed by atoms with van der Waals surface area (Å²) >= 11 is 0. The summed E-state index contributed by atoms with van der Waals surface area (Å²) in [7, 11) is 0. The highest BCUT2D eigenvalue weighted by atomic mass is 16.3. The van der Waals surface area contributed by atoms with Gasteiger partial charge in [0.25, 0.3) is 0 Å². The van der Waals surface area contributed by atoms with Crippen molar-refractivity contribution in [2.24, 2.45) is 0 Å². The molecule has 82 valence electrons. The lowest BCUT2D eigenvalue weighted by Crippen LogP contribution is -1.86. The highest BCUT2D eigenvalue weighted by molar-refractivity contribution is 5.78. The summed E-state index contributed by atoms with van der Waals surface area (Å²) in [5.41, 5.74) is 3.23. The third-order valence-electron chi connectivity index (χ3n) is 2.66. The number of phenolic OH excluding ortho intramolecular Hbond substituents is 2. The van der Waals surface area contributed by atoms with Crippen LogP contribution in [0.5, 0.6) is 11.5 Å². The van der Waals surface area contributed by atoms with Crippen LogP contribution in [0.15, 0.2) is 36.4 Å². The minimum atomic E-state index is 0.117. The van der Waals surface area contributed by atoms with Crippen LogP contribution in [-0.4, -0.2) is 10.2 Å². The molecule has 0 heterocycles. The normalized spacial score (nSPS) is 10.4. The van der Waals surface area contributed by atoms with Crippen molar-refractivity contribution in [3.05, 3.63) is 47.5 Å². The maximum atomic E-state index is 9.89. The average Bonchev–Trinajstić information content (AvgIpc) is 2.19. The zero-order valence-electron chi connectivity index (χ0n) is 9.36. The van der Waals surface area contributed by atoms with Crippen molar-refractivity contribution in [1.29, 1.82) is 0 Å².